The Kier molecular flexibility index (Phi) is 7.73. The minimum Gasteiger partial charge on any atom is -0.493 e. The first kappa shape index (κ1) is 27.3. The molecular formula is C30H35FN4O3S. The van der Waals surface area contributed by atoms with E-state index in [9.17, 15) is 14.0 Å². The molecule has 0 radical (unpaired) electrons. The summed E-state index contributed by atoms with van der Waals surface area (Å²) in [6.45, 7) is 9.91. The number of carbonyl (C=O) groups excluding carboxylic acids is 2. The topological polar surface area (TPSA) is 83.6 Å². The van der Waals surface area contributed by atoms with Gasteiger partial charge < -0.3 is 15.4 Å². The number of nitrogens with one attached hydrogen (secondary N) is 2. The number of amides is 2. The van der Waals surface area contributed by atoms with Crippen LogP contribution in [0.15, 0.2) is 42.5 Å². The smallest absolute Gasteiger partial charge is 0.263 e. The first-order valence-electron chi connectivity index (χ1n) is 13.4. The normalized spacial score (nSPS) is 21.1. The van der Waals surface area contributed by atoms with Crippen LogP contribution in [-0.2, 0) is 24.3 Å². The molecule has 2 unspecified atom stereocenters. The van der Waals surface area contributed by atoms with Gasteiger partial charge in [-0.15, -0.1) is 0 Å². The van der Waals surface area contributed by atoms with Gasteiger partial charge in [-0.1, -0.05) is 41.7 Å². The lowest BCUT2D eigenvalue weighted by Gasteiger charge is -2.29. The van der Waals surface area contributed by atoms with E-state index >= 15 is 0 Å². The molecule has 39 heavy (non-hydrogen) atoms. The third-order valence-electron chi connectivity index (χ3n) is 7.58. The Balaban J connectivity index is 1.13. The van der Waals surface area contributed by atoms with E-state index in [2.05, 4.69) is 56.9 Å². The first-order chi connectivity index (χ1) is 18.6. The summed E-state index contributed by atoms with van der Waals surface area (Å²) in [7, 11) is 0. The first-order valence-corrected chi connectivity index (χ1v) is 14.2. The van der Waals surface area contributed by atoms with Gasteiger partial charge in [0.25, 0.3) is 5.91 Å². The third-order valence-corrected chi connectivity index (χ3v) is 8.65. The van der Waals surface area contributed by atoms with E-state index in [4.69, 9.17) is 4.74 Å². The summed E-state index contributed by atoms with van der Waals surface area (Å²) in [4.78, 5) is 31.3. The van der Waals surface area contributed by atoms with Crippen LogP contribution in [0.3, 0.4) is 0 Å². The van der Waals surface area contributed by atoms with Crippen LogP contribution in [0.5, 0.6) is 5.75 Å². The molecule has 1 aromatic heterocycles. The zero-order valence-electron chi connectivity index (χ0n) is 22.8. The number of ether oxygens (including phenoxy) is 1. The highest BCUT2D eigenvalue weighted by Crippen LogP contribution is 2.46. The molecule has 2 aliphatic rings. The van der Waals surface area contributed by atoms with E-state index in [1.165, 1.54) is 35.0 Å². The largest absolute Gasteiger partial charge is 0.493 e. The monoisotopic (exact) mass is 550 g/mol. The summed E-state index contributed by atoms with van der Waals surface area (Å²) >= 11 is 1.18. The summed E-state index contributed by atoms with van der Waals surface area (Å²) in [5.41, 5.74) is 4.40. The molecule has 2 amide bonds. The number of aryl methyl sites for hydroxylation is 1. The lowest BCUT2D eigenvalue weighted by atomic mass is 9.98. The molecule has 1 aliphatic carbocycles. The molecule has 3 atom stereocenters. The fourth-order valence-electron chi connectivity index (χ4n) is 4.99. The van der Waals surface area contributed by atoms with Gasteiger partial charge in [-0.2, -0.15) is 0 Å². The van der Waals surface area contributed by atoms with Crippen LogP contribution in [-0.4, -0.2) is 40.5 Å². The van der Waals surface area contributed by atoms with Crippen molar-refractivity contribution in [2.75, 3.05) is 18.5 Å². The number of carbonyl (C=O) groups is 2. The van der Waals surface area contributed by atoms with Crippen LogP contribution in [0.1, 0.15) is 70.9 Å². The van der Waals surface area contributed by atoms with Crippen LogP contribution >= 0.6 is 11.3 Å². The minimum atomic E-state index is -1.06. The summed E-state index contributed by atoms with van der Waals surface area (Å²) in [5, 5.41) is 6.10. The second kappa shape index (κ2) is 11.1. The number of hydrogen-bond donors (Lipinski definition) is 2. The molecule has 1 fully saturated rings. The molecule has 5 rings (SSSR count). The van der Waals surface area contributed by atoms with Crippen molar-refractivity contribution < 1.29 is 18.7 Å². The highest BCUT2D eigenvalue weighted by molar-refractivity contribution is 7.17. The van der Waals surface area contributed by atoms with E-state index in [0.29, 0.717) is 28.7 Å². The number of nitrogens with zero attached hydrogens (tertiary/aromatic N) is 2. The Labute approximate surface area is 232 Å². The number of alkyl halides is 1. The van der Waals surface area contributed by atoms with Gasteiger partial charge in [0.2, 0.25) is 5.91 Å². The molecule has 1 saturated carbocycles. The van der Waals surface area contributed by atoms with Crippen molar-refractivity contribution in [1.82, 2.24) is 15.2 Å². The van der Waals surface area contributed by atoms with Crippen molar-refractivity contribution in [3.05, 3.63) is 75.3 Å². The van der Waals surface area contributed by atoms with Crippen LogP contribution in [0.2, 0.25) is 0 Å². The average Bonchev–Trinajstić information content (AvgIpc) is 3.34. The molecule has 3 aromatic rings. The number of fused-ring (bicyclic) bond motifs is 1. The van der Waals surface area contributed by atoms with E-state index in [0.717, 1.165) is 37.4 Å². The summed E-state index contributed by atoms with van der Waals surface area (Å²) in [6, 6.07) is 14.4. The quantitative estimate of drug-likeness (QED) is 0.363. The second-order valence-electron chi connectivity index (χ2n) is 10.9. The molecule has 2 aromatic carbocycles. The second-order valence-corrected chi connectivity index (χ2v) is 11.9. The standard InChI is InChI=1S/C30H35FN4O3S/c1-18(32-28(37)27-19(2)33-29(39-27)34-20(3)36)22-7-5-21(6-8-22)15-35-12-11-23-13-26(10-9-24(23)16-35)38-17-25-14-30(25,4)31/h5-10,13,18,25H,11-12,14-17H2,1-4H3,(H,32,37)(H,33,34,36)/t18-,25?,30?/m0/s1. The van der Waals surface area contributed by atoms with Gasteiger partial charge >= 0.3 is 0 Å². The fraction of sp³-hybridized carbons (Fsp3) is 0.433. The predicted molar refractivity (Wildman–Crippen MR) is 151 cm³/mol. The van der Waals surface area contributed by atoms with Gasteiger partial charge in [0.1, 0.15) is 16.3 Å². The van der Waals surface area contributed by atoms with Crippen molar-refractivity contribution in [3.63, 3.8) is 0 Å². The zero-order chi connectivity index (χ0) is 27.7. The highest BCUT2D eigenvalue weighted by Gasteiger charge is 2.51. The molecule has 0 saturated heterocycles. The number of aromatic nitrogens is 1. The Morgan fingerprint density at radius 1 is 1.23 bits per heavy atom. The molecule has 0 spiro atoms. The Bertz CT molecular complexity index is 1370. The van der Waals surface area contributed by atoms with E-state index in [-0.39, 0.29) is 23.8 Å². The molecule has 1 aliphatic heterocycles. The third kappa shape index (κ3) is 6.65. The number of hydrogen-bond acceptors (Lipinski definition) is 6. The molecule has 206 valence electrons. The van der Waals surface area contributed by atoms with Gasteiger partial charge in [-0.05, 0) is 68.0 Å². The summed E-state index contributed by atoms with van der Waals surface area (Å²) in [5.74, 6) is 0.433. The highest BCUT2D eigenvalue weighted by atomic mass is 32.1. The van der Waals surface area contributed by atoms with Gasteiger partial charge in [0, 0.05) is 32.5 Å². The van der Waals surface area contributed by atoms with Crippen molar-refractivity contribution in [2.45, 2.75) is 65.3 Å². The average molecular weight is 551 g/mol. The number of anilines is 1. The van der Waals surface area contributed by atoms with Crippen LogP contribution in [0, 0.1) is 12.8 Å². The molecule has 2 heterocycles. The Morgan fingerprint density at radius 2 is 1.97 bits per heavy atom. The maximum absolute atomic E-state index is 13.8. The SMILES string of the molecule is CC(=O)Nc1nc(C)c(C(=O)N[C@@H](C)c2ccc(CN3CCc4cc(OCC5CC5(C)F)ccc4C3)cc2)s1. The Morgan fingerprint density at radius 3 is 2.67 bits per heavy atom. The van der Waals surface area contributed by atoms with Crippen LogP contribution in [0.25, 0.3) is 0 Å². The van der Waals surface area contributed by atoms with Crippen molar-refractivity contribution in [3.8, 4) is 5.75 Å². The molecule has 2 N–H and O–H groups in total. The summed E-state index contributed by atoms with van der Waals surface area (Å²) in [6.07, 6.45) is 1.55. The maximum Gasteiger partial charge on any atom is 0.263 e. The predicted octanol–water partition coefficient (Wildman–Crippen LogP) is 5.59. The number of rotatable bonds is 9. The van der Waals surface area contributed by atoms with Crippen LogP contribution < -0.4 is 15.4 Å². The number of thiazole rings is 1. The number of benzene rings is 2. The van der Waals surface area contributed by atoms with Crippen molar-refractivity contribution in [1.29, 1.82) is 0 Å². The van der Waals surface area contributed by atoms with E-state index in [1.807, 2.05) is 13.0 Å². The maximum atomic E-state index is 13.8. The molecular weight excluding hydrogens is 515 g/mol. The lowest BCUT2D eigenvalue weighted by molar-refractivity contribution is -0.114. The van der Waals surface area contributed by atoms with E-state index < -0.39 is 5.67 Å². The van der Waals surface area contributed by atoms with Gasteiger partial charge in [-0.25, -0.2) is 9.37 Å². The lowest BCUT2D eigenvalue weighted by Crippen LogP contribution is -2.30. The molecule has 7 nitrogen and oxygen atoms in total. The Hall–Kier alpha value is -3.30. The fourth-order valence-corrected chi connectivity index (χ4v) is 5.91. The summed E-state index contributed by atoms with van der Waals surface area (Å²) < 4.78 is 19.6. The number of halogens is 1. The van der Waals surface area contributed by atoms with Crippen molar-refractivity contribution in [2.24, 2.45) is 5.92 Å². The van der Waals surface area contributed by atoms with Gasteiger partial charge in [0.15, 0.2) is 5.13 Å². The minimum absolute atomic E-state index is 0.0153. The van der Waals surface area contributed by atoms with E-state index in [1.54, 1.807) is 13.8 Å². The van der Waals surface area contributed by atoms with Crippen molar-refractivity contribution >= 4 is 28.3 Å². The molecule has 0 bridgehead atoms. The van der Waals surface area contributed by atoms with Gasteiger partial charge in [0.05, 0.1) is 18.3 Å². The zero-order valence-corrected chi connectivity index (χ0v) is 23.7. The van der Waals surface area contributed by atoms with Gasteiger partial charge in [-0.3, -0.25) is 14.5 Å². The van der Waals surface area contributed by atoms with Crippen LogP contribution in [0.4, 0.5) is 9.52 Å². The molecule has 9 heteroatoms.